The Labute approximate surface area is 194 Å². The molecule has 28 heavy (non-hydrogen) atoms. The van der Waals surface area contributed by atoms with Crippen molar-refractivity contribution in [2.75, 3.05) is 0 Å². The zero-order valence-corrected chi connectivity index (χ0v) is 20.7. The number of hydrogen-bond donors (Lipinski definition) is 1. The van der Waals surface area contributed by atoms with Gasteiger partial charge >= 0.3 is 29.6 Å². The van der Waals surface area contributed by atoms with Gasteiger partial charge in [0.2, 0.25) is 0 Å². The Morgan fingerprint density at radius 3 is 1.61 bits per heavy atom. The Kier molecular flexibility index (Phi) is 16.7. The van der Waals surface area contributed by atoms with E-state index in [1.165, 1.54) is 89.2 Å². The number of hydrogen-bond acceptors (Lipinski definition) is 3. The molecule has 0 atom stereocenters. The molecule has 0 radical (unpaired) electrons. The Balaban J connectivity index is 0.00000729. The van der Waals surface area contributed by atoms with Crippen LogP contribution in [0.2, 0.25) is 0 Å². The van der Waals surface area contributed by atoms with Crippen LogP contribution in [0, 0.1) is 0 Å². The van der Waals surface area contributed by atoms with Crippen molar-refractivity contribution in [1.82, 2.24) is 0 Å². The summed E-state index contributed by atoms with van der Waals surface area (Å²) in [6.45, 7) is 2.26. The average Bonchev–Trinajstić information content (AvgIpc) is 2.61. The van der Waals surface area contributed by atoms with Crippen LogP contribution in [0.5, 0.6) is 5.75 Å². The predicted octanol–water partition coefficient (Wildman–Crippen LogP) is 3.03. The Morgan fingerprint density at radius 2 is 1.21 bits per heavy atom. The van der Waals surface area contributed by atoms with Gasteiger partial charge in [-0.1, -0.05) is 108 Å². The minimum Gasteiger partial charge on any atom is -0.872 e. The molecule has 1 rings (SSSR count). The Morgan fingerprint density at radius 1 is 0.786 bits per heavy atom. The fourth-order valence-electron chi connectivity index (χ4n) is 3.44. The third-order valence-electron chi connectivity index (χ3n) is 5.11. The second kappa shape index (κ2) is 16.7. The van der Waals surface area contributed by atoms with Gasteiger partial charge in [-0.15, -0.1) is 0 Å². The summed E-state index contributed by atoms with van der Waals surface area (Å²) in [5, 5.41) is 11.7. The van der Waals surface area contributed by atoms with Crippen molar-refractivity contribution in [3.8, 4) is 5.75 Å². The van der Waals surface area contributed by atoms with Crippen LogP contribution in [0.4, 0.5) is 0 Å². The Hall–Kier alpha value is -0.0700. The number of rotatable bonds is 16. The molecule has 0 saturated carbocycles. The van der Waals surface area contributed by atoms with E-state index in [1.54, 1.807) is 6.07 Å². The number of benzene rings is 1. The number of unbranched alkanes of at least 4 members (excludes halogenated alkanes) is 13. The van der Waals surface area contributed by atoms with Gasteiger partial charge in [0, 0.05) is 0 Å². The molecule has 0 aliphatic rings. The van der Waals surface area contributed by atoms with E-state index in [2.05, 4.69) is 6.92 Å². The van der Waals surface area contributed by atoms with Crippen LogP contribution in [-0.4, -0.2) is 13.0 Å². The zero-order valence-electron chi connectivity index (χ0n) is 17.9. The van der Waals surface area contributed by atoms with Gasteiger partial charge in [0.1, 0.15) is 0 Å². The van der Waals surface area contributed by atoms with Crippen LogP contribution in [0.25, 0.3) is 0 Å². The molecule has 6 heteroatoms. The van der Waals surface area contributed by atoms with Crippen LogP contribution < -0.4 is 34.7 Å². The first-order valence-corrected chi connectivity index (χ1v) is 12.2. The monoisotopic (exact) mass is 420 g/mol. The van der Waals surface area contributed by atoms with Crippen LogP contribution in [-0.2, 0) is 16.5 Å². The molecule has 1 N–H and O–H groups in total. The fraction of sp³-hybridized carbons (Fsp3) is 0.727. The Bertz CT molecular complexity index is 617. The summed E-state index contributed by atoms with van der Waals surface area (Å²) >= 11 is 0. The largest absolute Gasteiger partial charge is 1.00 e. The van der Waals surface area contributed by atoms with Crippen LogP contribution in [0.15, 0.2) is 23.1 Å². The summed E-state index contributed by atoms with van der Waals surface area (Å²) in [5.41, 5.74) is 0.839. The maximum atomic E-state index is 11.7. The molecular weight excluding hydrogens is 383 g/mol. The number of aryl methyl sites for hydroxylation is 1. The SMILES string of the molecule is CCCCCCCCCCCCCCCCc1ccc(S(=O)(=O)O)c([O-])c1.[Na+]. The van der Waals surface area contributed by atoms with Crippen LogP contribution >= 0.6 is 0 Å². The second-order valence-electron chi connectivity index (χ2n) is 7.60. The van der Waals surface area contributed by atoms with Gasteiger partial charge in [-0.3, -0.25) is 4.55 Å². The first-order chi connectivity index (χ1) is 12.9. The summed E-state index contributed by atoms with van der Waals surface area (Å²) in [6.07, 6.45) is 19.1. The average molecular weight is 421 g/mol. The minimum atomic E-state index is -4.41. The summed E-state index contributed by atoms with van der Waals surface area (Å²) in [5.74, 6) is -0.625. The molecule has 0 aliphatic heterocycles. The van der Waals surface area contributed by atoms with E-state index in [0.29, 0.717) is 0 Å². The van der Waals surface area contributed by atoms with Gasteiger partial charge in [-0.2, -0.15) is 8.42 Å². The van der Waals surface area contributed by atoms with E-state index >= 15 is 0 Å². The smallest absolute Gasteiger partial charge is 0.872 e. The maximum absolute atomic E-state index is 11.7. The molecule has 0 fully saturated rings. The maximum Gasteiger partial charge on any atom is 1.00 e. The topological polar surface area (TPSA) is 77.4 Å². The first kappa shape index (κ1) is 27.9. The van der Waals surface area contributed by atoms with E-state index in [-0.39, 0.29) is 29.6 Å². The van der Waals surface area contributed by atoms with Gasteiger partial charge < -0.3 is 5.11 Å². The summed E-state index contributed by atoms with van der Waals surface area (Å²) in [7, 11) is -4.41. The molecular formula is C22H37NaO4S. The summed E-state index contributed by atoms with van der Waals surface area (Å²) in [6, 6.07) is 4.15. The molecule has 0 aromatic heterocycles. The summed E-state index contributed by atoms with van der Waals surface area (Å²) < 4.78 is 31.0. The first-order valence-electron chi connectivity index (χ1n) is 10.7. The van der Waals surface area contributed by atoms with E-state index in [0.717, 1.165) is 24.8 Å². The molecule has 0 amide bonds. The molecule has 4 nitrogen and oxygen atoms in total. The zero-order chi connectivity index (χ0) is 20.0. The van der Waals surface area contributed by atoms with Crippen molar-refractivity contribution >= 4 is 10.1 Å². The van der Waals surface area contributed by atoms with Crippen LogP contribution in [0.3, 0.4) is 0 Å². The van der Waals surface area contributed by atoms with Crippen LogP contribution in [0.1, 0.15) is 102 Å². The van der Waals surface area contributed by atoms with Gasteiger partial charge in [0.05, 0.1) is 4.90 Å². The molecule has 1 aromatic carbocycles. The van der Waals surface area contributed by atoms with E-state index in [4.69, 9.17) is 4.55 Å². The fourth-order valence-corrected chi connectivity index (χ4v) is 4.00. The van der Waals surface area contributed by atoms with Crippen molar-refractivity contribution < 1.29 is 47.6 Å². The van der Waals surface area contributed by atoms with Gasteiger partial charge in [-0.25, -0.2) is 0 Å². The van der Waals surface area contributed by atoms with Crippen molar-refractivity contribution in [2.45, 2.75) is 108 Å². The standard InChI is InChI=1S/C22H38O4S.Na/c1-2-3-4-5-6-7-8-9-10-11-12-13-14-15-16-20-17-18-22(21(23)19-20)27(24,25)26;/h17-19,23H,2-16H2,1H3,(H,24,25,26);/q;+1/p-1. The second-order valence-corrected chi connectivity index (χ2v) is 8.99. The molecule has 156 valence electrons. The molecule has 0 saturated heterocycles. The molecule has 0 aliphatic carbocycles. The van der Waals surface area contributed by atoms with Crippen molar-refractivity contribution in [2.24, 2.45) is 0 Å². The predicted molar refractivity (Wildman–Crippen MR) is 110 cm³/mol. The normalized spacial score (nSPS) is 11.4. The molecule has 0 unspecified atom stereocenters. The van der Waals surface area contributed by atoms with Gasteiger partial charge in [0.25, 0.3) is 10.1 Å². The summed E-state index contributed by atoms with van der Waals surface area (Å²) in [4.78, 5) is -0.535. The van der Waals surface area contributed by atoms with E-state index < -0.39 is 20.8 Å². The molecule has 0 heterocycles. The molecule has 0 spiro atoms. The quantitative estimate of drug-likeness (QED) is 0.253. The third-order valence-corrected chi connectivity index (χ3v) is 6.00. The van der Waals surface area contributed by atoms with Crippen molar-refractivity contribution in [3.63, 3.8) is 0 Å². The minimum absolute atomic E-state index is 0. The molecule has 1 aromatic rings. The van der Waals surface area contributed by atoms with E-state index in [9.17, 15) is 13.5 Å². The van der Waals surface area contributed by atoms with Gasteiger partial charge in [0.15, 0.2) is 0 Å². The third kappa shape index (κ3) is 13.2. The van der Waals surface area contributed by atoms with Gasteiger partial charge in [-0.05, 0) is 24.5 Å². The molecule has 0 bridgehead atoms. The van der Waals surface area contributed by atoms with Crippen molar-refractivity contribution in [1.29, 1.82) is 0 Å². The van der Waals surface area contributed by atoms with Crippen molar-refractivity contribution in [3.05, 3.63) is 23.8 Å². The van der Waals surface area contributed by atoms with E-state index in [1.807, 2.05) is 0 Å².